The van der Waals surface area contributed by atoms with Crippen molar-refractivity contribution in [2.45, 2.75) is 12.8 Å². The third-order valence-corrected chi connectivity index (χ3v) is 3.99. The molecule has 0 saturated heterocycles. The van der Waals surface area contributed by atoms with Gasteiger partial charge in [0.25, 0.3) is 0 Å². The molecule has 0 spiro atoms. The lowest BCUT2D eigenvalue weighted by molar-refractivity contribution is -0.121. The van der Waals surface area contributed by atoms with Crippen molar-refractivity contribution in [1.82, 2.24) is 10.3 Å². The number of anilines is 1. The molecule has 1 aromatic carbocycles. The van der Waals surface area contributed by atoms with Gasteiger partial charge in [-0.1, -0.05) is 30.3 Å². The van der Waals surface area contributed by atoms with E-state index >= 15 is 0 Å². The zero-order valence-electron chi connectivity index (χ0n) is 14.8. The van der Waals surface area contributed by atoms with Gasteiger partial charge in [0.1, 0.15) is 23.4 Å². The van der Waals surface area contributed by atoms with Gasteiger partial charge in [0.2, 0.25) is 5.91 Å². The molecule has 0 aliphatic carbocycles. The highest BCUT2D eigenvalue weighted by atomic mass is 16.3. The topological polar surface area (TPSA) is 91.0 Å². The molecule has 6 heteroatoms. The van der Waals surface area contributed by atoms with E-state index in [-0.39, 0.29) is 5.91 Å². The summed E-state index contributed by atoms with van der Waals surface area (Å²) in [5.41, 5.74) is 1.50. The molecule has 0 bridgehead atoms. The Kier molecular flexibility index (Phi) is 6.21. The molecule has 2 N–H and O–H groups in total. The average Bonchev–Trinajstić information content (AvgIpc) is 3.20. The lowest BCUT2D eigenvalue weighted by Gasteiger charge is -2.08. The van der Waals surface area contributed by atoms with Crippen LogP contribution < -0.4 is 10.6 Å². The summed E-state index contributed by atoms with van der Waals surface area (Å²) in [5.74, 6) is 2.07. The van der Waals surface area contributed by atoms with Crippen molar-refractivity contribution in [2.24, 2.45) is 0 Å². The van der Waals surface area contributed by atoms with Gasteiger partial charge in [0.05, 0.1) is 5.56 Å². The van der Waals surface area contributed by atoms with Crippen molar-refractivity contribution in [1.29, 1.82) is 5.26 Å². The molecule has 0 fully saturated rings. The molecule has 0 unspecified atom stereocenters. The van der Waals surface area contributed by atoms with Crippen molar-refractivity contribution in [2.75, 3.05) is 18.4 Å². The van der Waals surface area contributed by atoms with E-state index in [0.29, 0.717) is 37.3 Å². The van der Waals surface area contributed by atoms with Gasteiger partial charge in [0.15, 0.2) is 0 Å². The minimum atomic E-state index is -0.0454. The summed E-state index contributed by atoms with van der Waals surface area (Å²) in [4.78, 5) is 16.1. The van der Waals surface area contributed by atoms with Gasteiger partial charge in [0, 0.05) is 37.7 Å². The Labute approximate surface area is 157 Å². The Morgan fingerprint density at radius 2 is 1.93 bits per heavy atom. The molecule has 3 rings (SSSR count). The zero-order chi connectivity index (χ0) is 18.9. The predicted molar refractivity (Wildman–Crippen MR) is 103 cm³/mol. The molecule has 27 heavy (non-hydrogen) atoms. The second-order valence-electron chi connectivity index (χ2n) is 5.92. The van der Waals surface area contributed by atoms with Gasteiger partial charge in [-0.25, -0.2) is 4.98 Å². The first kappa shape index (κ1) is 18.2. The van der Waals surface area contributed by atoms with E-state index in [1.807, 2.05) is 42.5 Å². The highest BCUT2D eigenvalue weighted by molar-refractivity contribution is 5.76. The maximum Gasteiger partial charge on any atom is 0.220 e. The maximum atomic E-state index is 12.0. The minimum Gasteiger partial charge on any atom is -0.461 e. The highest BCUT2D eigenvalue weighted by Crippen LogP contribution is 2.22. The number of aryl methyl sites for hydroxylation is 1. The molecule has 1 amide bonds. The number of amides is 1. The van der Waals surface area contributed by atoms with E-state index in [9.17, 15) is 4.79 Å². The van der Waals surface area contributed by atoms with Gasteiger partial charge in [-0.3, -0.25) is 4.79 Å². The third-order valence-electron chi connectivity index (χ3n) is 3.99. The van der Waals surface area contributed by atoms with E-state index in [2.05, 4.69) is 21.7 Å². The van der Waals surface area contributed by atoms with Crippen molar-refractivity contribution in [3.63, 3.8) is 0 Å². The monoisotopic (exact) mass is 360 g/mol. The lowest BCUT2D eigenvalue weighted by Crippen LogP contribution is -2.29. The van der Waals surface area contributed by atoms with Crippen LogP contribution in [-0.4, -0.2) is 24.0 Å². The summed E-state index contributed by atoms with van der Waals surface area (Å²) in [5, 5.41) is 14.9. The second kappa shape index (κ2) is 9.20. The quantitative estimate of drug-likeness (QED) is 0.601. The highest BCUT2D eigenvalue weighted by Gasteiger charge is 2.07. The summed E-state index contributed by atoms with van der Waals surface area (Å²) >= 11 is 0. The van der Waals surface area contributed by atoms with E-state index < -0.39 is 0 Å². The normalized spacial score (nSPS) is 10.2. The number of pyridine rings is 1. The number of hydrogen-bond donors (Lipinski definition) is 2. The van der Waals surface area contributed by atoms with Crippen LogP contribution in [0.3, 0.4) is 0 Å². The standard InChI is InChI=1S/C21H20N4O2/c22-15-17-7-4-12-24-21(17)25-14-13-23-20(26)11-9-18-8-10-19(27-18)16-5-2-1-3-6-16/h1-8,10,12H,9,11,13-14H2,(H,23,26)(H,24,25). The Hall–Kier alpha value is -3.59. The van der Waals surface area contributed by atoms with Crippen LogP contribution in [0.1, 0.15) is 17.7 Å². The molecule has 136 valence electrons. The van der Waals surface area contributed by atoms with Crippen LogP contribution in [0.15, 0.2) is 65.2 Å². The molecular formula is C21H20N4O2. The van der Waals surface area contributed by atoms with Crippen LogP contribution in [0.5, 0.6) is 0 Å². The number of furan rings is 1. The number of benzene rings is 1. The van der Waals surface area contributed by atoms with Gasteiger partial charge >= 0.3 is 0 Å². The Morgan fingerprint density at radius 1 is 1.07 bits per heavy atom. The summed E-state index contributed by atoms with van der Waals surface area (Å²) in [7, 11) is 0. The number of nitrogens with zero attached hydrogens (tertiary/aromatic N) is 2. The Bertz CT molecular complexity index is 929. The summed E-state index contributed by atoms with van der Waals surface area (Å²) in [6.07, 6.45) is 2.52. The molecule has 0 saturated carbocycles. The molecule has 0 radical (unpaired) electrons. The van der Waals surface area contributed by atoms with E-state index in [4.69, 9.17) is 9.68 Å². The number of nitriles is 1. The van der Waals surface area contributed by atoms with Crippen molar-refractivity contribution in [3.8, 4) is 17.4 Å². The molecular weight excluding hydrogens is 340 g/mol. The number of nitrogens with one attached hydrogen (secondary N) is 2. The first-order chi connectivity index (χ1) is 13.3. The smallest absolute Gasteiger partial charge is 0.220 e. The van der Waals surface area contributed by atoms with Crippen molar-refractivity contribution < 1.29 is 9.21 Å². The van der Waals surface area contributed by atoms with Crippen LogP contribution in [0.25, 0.3) is 11.3 Å². The Balaban J connectivity index is 1.39. The van der Waals surface area contributed by atoms with E-state index in [1.165, 1.54) is 0 Å². The fraction of sp³-hybridized carbons (Fsp3) is 0.190. The lowest BCUT2D eigenvalue weighted by atomic mass is 10.2. The molecule has 6 nitrogen and oxygen atoms in total. The van der Waals surface area contributed by atoms with Crippen molar-refractivity contribution >= 4 is 11.7 Å². The first-order valence-corrected chi connectivity index (χ1v) is 8.76. The summed E-state index contributed by atoms with van der Waals surface area (Å²) in [6, 6.07) is 19.2. The SMILES string of the molecule is N#Cc1cccnc1NCCNC(=O)CCc1ccc(-c2ccccc2)o1. The molecule has 0 aliphatic heterocycles. The average molecular weight is 360 g/mol. The van der Waals surface area contributed by atoms with Crippen LogP contribution in [0.2, 0.25) is 0 Å². The second-order valence-corrected chi connectivity index (χ2v) is 5.92. The largest absolute Gasteiger partial charge is 0.461 e. The number of carbonyl (C=O) groups excluding carboxylic acids is 1. The van der Waals surface area contributed by atoms with Crippen LogP contribution >= 0.6 is 0 Å². The Morgan fingerprint density at radius 3 is 2.74 bits per heavy atom. The first-order valence-electron chi connectivity index (χ1n) is 8.76. The summed E-state index contributed by atoms with van der Waals surface area (Å²) in [6.45, 7) is 0.948. The van der Waals surface area contributed by atoms with Gasteiger partial charge < -0.3 is 15.1 Å². The zero-order valence-corrected chi connectivity index (χ0v) is 14.8. The molecule has 0 atom stereocenters. The third kappa shape index (κ3) is 5.19. The number of hydrogen-bond acceptors (Lipinski definition) is 5. The van der Waals surface area contributed by atoms with E-state index in [1.54, 1.807) is 18.3 Å². The van der Waals surface area contributed by atoms with Crippen LogP contribution in [0.4, 0.5) is 5.82 Å². The van der Waals surface area contributed by atoms with Gasteiger partial charge in [-0.05, 0) is 24.3 Å². The fourth-order valence-electron chi connectivity index (χ4n) is 2.61. The number of rotatable bonds is 8. The predicted octanol–water partition coefficient (Wildman–Crippen LogP) is 3.37. The van der Waals surface area contributed by atoms with Crippen LogP contribution in [0, 0.1) is 11.3 Å². The summed E-state index contributed by atoms with van der Waals surface area (Å²) < 4.78 is 5.80. The van der Waals surface area contributed by atoms with Gasteiger partial charge in [-0.2, -0.15) is 5.26 Å². The molecule has 2 heterocycles. The number of aromatic nitrogens is 1. The fourth-order valence-corrected chi connectivity index (χ4v) is 2.61. The molecule has 0 aliphatic rings. The number of carbonyl (C=O) groups is 1. The van der Waals surface area contributed by atoms with E-state index in [0.717, 1.165) is 17.1 Å². The van der Waals surface area contributed by atoms with Crippen molar-refractivity contribution in [3.05, 3.63) is 72.1 Å². The minimum absolute atomic E-state index is 0.0454. The molecule has 3 aromatic rings. The maximum absolute atomic E-state index is 12.0. The van der Waals surface area contributed by atoms with Crippen LogP contribution in [-0.2, 0) is 11.2 Å². The molecule has 2 aromatic heterocycles. The van der Waals surface area contributed by atoms with Gasteiger partial charge in [-0.15, -0.1) is 0 Å².